The van der Waals surface area contributed by atoms with E-state index in [0.717, 1.165) is 16.8 Å². The summed E-state index contributed by atoms with van der Waals surface area (Å²) in [6.07, 6.45) is -2.84. The Balaban J connectivity index is 2.63. The van der Waals surface area contributed by atoms with Crippen LogP contribution in [0, 0.1) is 11.6 Å². The summed E-state index contributed by atoms with van der Waals surface area (Å²) in [5, 5.41) is 3.49. The van der Waals surface area contributed by atoms with Crippen molar-refractivity contribution in [3.63, 3.8) is 0 Å². The second kappa shape index (κ2) is 5.50. The first-order chi connectivity index (χ1) is 8.95. The lowest BCUT2D eigenvalue weighted by molar-refractivity contribution is 0.144. The van der Waals surface area contributed by atoms with Crippen LogP contribution >= 0.6 is 27.5 Å². The lowest BCUT2D eigenvalue weighted by Gasteiger charge is -2.04. The third kappa shape index (κ3) is 2.62. The summed E-state index contributed by atoms with van der Waals surface area (Å²) < 4.78 is 52.8. The minimum Gasteiger partial charge on any atom is -0.218 e. The fourth-order valence-electron chi connectivity index (χ4n) is 1.56. The smallest absolute Gasteiger partial charge is 0.218 e. The zero-order chi connectivity index (χ0) is 14.2. The molecule has 0 aliphatic carbocycles. The Kier molecular flexibility index (Phi) is 4.15. The summed E-state index contributed by atoms with van der Waals surface area (Å²) in [7, 11) is 0. The van der Waals surface area contributed by atoms with Gasteiger partial charge in [-0.25, -0.2) is 22.2 Å². The maximum atomic E-state index is 13.6. The molecule has 1 heterocycles. The molecule has 0 radical (unpaired) electrons. The van der Waals surface area contributed by atoms with Gasteiger partial charge in [-0.15, -0.1) is 0 Å². The van der Waals surface area contributed by atoms with E-state index in [2.05, 4.69) is 21.0 Å². The van der Waals surface area contributed by atoms with E-state index in [4.69, 9.17) is 11.6 Å². The number of rotatable bonds is 3. The van der Waals surface area contributed by atoms with Gasteiger partial charge in [0.25, 0.3) is 6.43 Å². The molecule has 0 saturated heterocycles. The number of halogens is 6. The monoisotopic (exact) mass is 356 g/mol. The molecule has 2 nitrogen and oxygen atoms in total. The first kappa shape index (κ1) is 14.3. The zero-order valence-corrected chi connectivity index (χ0v) is 11.5. The van der Waals surface area contributed by atoms with Crippen molar-refractivity contribution in [2.75, 3.05) is 0 Å². The predicted octanol–water partition coefficient (Wildman–Crippen LogP) is 4.64. The molecule has 102 valence electrons. The molecule has 0 saturated carbocycles. The van der Waals surface area contributed by atoms with Gasteiger partial charge in [0.15, 0.2) is 5.82 Å². The minimum atomic E-state index is -2.84. The summed E-state index contributed by atoms with van der Waals surface area (Å²) in [4.78, 5) is 0. The van der Waals surface area contributed by atoms with Gasteiger partial charge in [-0.3, -0.25) is 0 Å². The molecule has 0 unspecified atom stereocenters. The third-order valence-electron chi connectivity index (χ3n) is 2.43. The van der Waals surface area contributed by atoms with Crippen LogP contribution in [-0.2, 0) is 5.33 Å². The van der Waals surface area contributed by atoms with E-state index >= 15 is 0 Å². The van der Waals surface area contributed by atoms with Crippen LogP contribution in [0.4, 0.5) is 17.6 Å². The summed E-state index contributed by atoms with van der Waals surface area (Å²) >= 11 is 8.92. The van der Waals surface area contributed by atoms with Gasteiger partial charge in [0, 0.05) is 17.0 Å². The summed E-state index contributed by atoms with van der Waals surface area (Å²) in [5.41, 5.74) is -0.661. The van der Waals surface area contributed by atoms with Gasteiger partial charge in [-0.05, 0) is 12.1 Å². The Hall–Kier alpha value is -1.08. The number of alkyl halides is 3. The summed E-state index contributed by atoms with van der Waals surface area (Å²) in [6.45, 7) is 0. The molecule has 0 N–H and O–H groups in total. The van der Waals surface area contributed by atoms with Gasteiger partial charge < -0.3 is 0 Å². The average Bonchev–Trinajstić information content (AvgIpc) is 2.66. The Morgan fingerprint density at radius 2 is 2.00 bits per heavy atom. The topological polar surface area (TPSA) is 17.8 Å². The first-order valence-electron chi connectivity index (χ1n) is 5.02. The van der Waals surface area contributed by atoms with E-state index in [1.54, 1.807) is 0 Å². The van der Waals surface area contributed by atoms with Crippen LogP contribution in [0.5, 0.6) is 0 Å². The van der Waals surface area contributed by atoms with Crippen molar-refractivity contribution in [2.45, 2.75) is 11.8 Å². The molecule has 19 heavy (non-hydrogen) atoms. The maximum Gasteiger partial charge on any atom is 0.282 e. The van der Waals surface area contributed by atoms with Gasteiger partial charge in [0.1, 0.15) is 22.4 Å². The van der Waals surface area contributed by atoms with Crippen molar-refractivity contribution >= 4 is 27.5 Å². The molecule has 0 spiro atoms. The van der Waals surface area contributed by atoms with Gasteiger partial charge in [0.2, 0.25) is 0 Å². The Bertz CT molecular complexity index is 615. The van der Waals surface area contributed by atoms with Gasteiger partial charge in [-0.1, -0.05) is 27.5 Å². The van der Waals surface area contributed by atoms with E-state index in [-0.39, 0.29) is 21.7 Å². The third-order valence-corrected chi connectivity index (χ3v) is 3.38. The fourth-order valence-corrected chi connectivity index (χ4v) is 2.56. The molecule has 0 bridgehead atoms. The molecule has 0 amide bonds. The van der Waals surface area contributed by atoms with Gasteiger partial charge in [-0.2, -0.15) is 5.10 Å². The molecule has 0 fully saturated rings. The van der Waals surface area contributed by atoms with E-state index in [9.17, 15) is 17.6 Å². The Labute approximate surface area is 119 Å². The highest BCUT2D eigenvalue weighted by atomic mass is 79.9. The molecular weight excluding hydrogens is 351 g/mol. The zero-order valence-electron chi connectivity index (χ0n) is 9.18. The number of hydrogen-bond acceptors (Lipinski definition) is 1. The fraction of sp³-hybridized carbons (Fsp3) is 0.182. The van der Waals surface area contributed by atoms with Crippen molar-refractivity contribution in [3.8, 4) is 5.69 Å². The van der Waals surface area contributed by atoms with Crippen LogP contribution in [0.1, 0.15) is 17.7 Å². The molecule has 1 aromatic carbocycles. The van der Waals surface area contributed by atoms with Crippen molar-refractivity contribution < 1.29 is 17.6 Å². The standard InChI is InChI=1S/C11H6BrClF4N2/c12-4-6-9(11(16)17)18-19(10(6)13)8-2-1-5(14)3-7(8)15/h1-3,11H,4H2. The molecule has 1 aromatic heterocycles. The van der Waals surface area contributed by atoms with Crippen LogP contribution in [0.2, 0.25) is 5.15 Å². The Morgan fingerprint density at radius 3 is 2.47 bits per heavy atom. The quantitative estimate of drug-likeness (QED) is 0.578. The van der Waals surface area contributed by atoms with Crippen molar-refractivity contribution in [1.82, 2.24) is 9.78 Å². The largest absolute Gasteiger partial charge is 0.282 e. The highest BCUT2D eigenvalue weighted by Crippen LogP contribution is 2.32. The molecule has 8 heteroatoms. The van der Waals surface area contributed by atoms with E-state index in [0.29, 0.717) is 6.07 Å². The van der Waals surface area contributed by atoms with E-state index < -0.39 is 23.8 Å². The van der Waals surface area contributed by atoms with Crippen LogP contribution in [0.25, 0.3) is 5.69 Å². The lowest BCUT2D eigenvalue weighted by atomic mass is 10.3. The van der Waals surface area contributed by atoms with E-state index in [1.165, 1.54) is 0 Å². The second-order valence-corrected chi connectivity index (χ2v) is 4.52. The van der Waals surface area contributed by atoms with Crippen molar-refractivity contribution in [3.05, 3.63) is 46.2 Å². The average molecular weight is 358 g/mol. The normalized spacial score (nSPS) is 11.3. The number of hydrogen-bond donors (Lipinski definition) is 0. The molecular formula is C11H6BrClF4N2. The van der Waals surface area contributed by atoms with Crippen molar-refractivity contribution in [1.29, 1.82) is 0 Å². The molecule has 0 aliphatic rings. The minimum absolute atomic E-state index is 0.0499. The number of benzene rings is 1. The Morgan fingerprint density at radius 1 is 1.32 bits per heavy atom. The molecule has 0 aliphatic heterocycles. The molecule has 0 atom stereocenters. The summed E-state index contributed by atoms with van der Waals surface area (Å²) in [5.74, 6) is -1.72. The molecule has 2 rings (SSSR count). The number of nitrogens with zero attached hydrogens (tertiary/aromatic N) is 2. The van der Waals surface area contributed by atoms with Crippen LogP contribution in [0.15, 0.2) is 18.2 Å². The van der Waals surface area contributed by atoms with Crippen LogP contribution in [-0.4, -0.2) is 9.78 Å². The van der Waals surface area contributed by atoms with Crippen LogP contribution in [0.3, 0.4) is 0 Å². The predicted molar refractivity (Wildman–Crippen MR) is 66.1 cm³/mol. The second-order valence-electron chi connectivity index (χ2n) is 3.60. The van der Waals surface area contributed by atoms with E-state index in [1.807, 2.05) is 0 Å². The van der Waals surface area contributed by atoms with Crippen molar-refractivity contribution in [2.24, 2.45) is 0 Å². The highest BCUT2D eigenvalue weighted by molar-refractivity contribution is 9.08. The van der Waals surface area contributed by atoms with Crippen LogP contribution < -0.4 is 0 Å². The maximum absolute atomic E-state index is 13.6. The molecule has 2 aromatic rings. The van der Waals surface area contributed by atoms with Gasteiger partial charge >= 0.3 is 0 Å². The summed E-state index contributed by atoms with van der Waals surface area (Å²) in [6, 6.07) is 2.70. The lowest BCUT2D eigenvalue weighted by Crippen LogP contribution is -2.01. The van der Waals surface area contributed by atoms with Gasteiger partial charge in [0.05, 0.1) is 0 Å². The highest BCUT2D eigenvalue weighted by Gasteiger charge is 2.24. The SMILES string of the molecule is Fc1ccc(-n2nc(C(F)F)c(CBr)c2Cl)c(F)c1. The number of aromatic nitrogens is 2. The first-order valence-corrected chi connectivity index (χ1v) is 6.52.